The molecule has 118 heavy (non-hydrogen) atoms. The van der Waals surface area contributed by atoms with Gasteiger partial charge in [-0.3, -0.25) is 4.79 Å². The van der Waals surface area contributed by atoms with E-state index < -0.39 is 46.3 Å². The van der Waals surface area contributed by atoms with E-state index in [-0.39, 0.29) is 0 Å². The average molecular weight is 1560 g/mol. The molecule has 0 aliphatic carbocycles. The zero-order valence-corrected chi connectivity index (χ0v) is 67.2. The Bertz CT molecular complexity index is 4880. The van der Waals surface area contributed by atoms with Crippen molar-refractivity contribution in [1.29, 1.82) is 15.8 Å². The van der Waals surface area contributed by atoms with E-state index in [1.165, 1.54) is 151 Å². The van der Waals surface area contributed by atoms with Crippen LogP contribution >= 0.6 is 0 Å². The summed E-state index contributed by atoms with van der Waals surface area (Å²) in [6, 6.07) is 85.9. The van der Waals surface area contributed by atoms with E-state index in [9.17, 15) is 55.4 Å². The van der Waals surface area contributed by atoms with Crippen molar-refractivity contribution in [2.24, 2.45) is 0 Å². The molecule has 10 aromatic carbocycles. The van der Waals surface area contributed by atoms with Gasteiger partial charge in [0.2, 0.25) is 0 Å². The van der Waals surface area contributed by atoms with E-state index in [0.29, 0.717) is 22.3 Å². The summed E-state index contributed by atoms with van der Waals surface area (Å²) in [5.41, 5.74) is 17.5. The summed E-state index contributed by atoms with van der Waals surface area (Å²) < 4.78 is 0. The van der Waals surface area contributed by atoms with Gasteiger partial charge in [-0.25, -0.2) is 19.2 Å². The fourth-order valence-electron chi connectivity index (χ4n) is 14.5. The van der Waals surface area contributed by atoms with Gasteiger partial charge < -0.3 is 30.2 Å². The van der Waals surface area contributed by atoms with E-state index in [2.05, 4.69) is 186 Å². The maximum absolute atomic E-state index is 11.8. The Labute approximate surface area is 694 Å². The molecule has 0 fully saturated rings. The fraction of sp³-hybridized carbons (Fsp3) is 0.231. The molecule has 4 N–H and O–H groups in total. The quantitative estimate of drug-likeness (QED) is 0.00917. The highest BCUT2D eigenvalue weighted by Gasteiger charge is 2.19. The zero-order chi connectivity index (χ0) is 83.4. The molecule has 0 saturated carbocycles. The highest BCUT2D eigenvalue weighted by Crippen LogP contribution is 2.41. The fourth-order valence-corrected chi connectivity index (χ4v) is 14.5. The number of unbranched alkanes of at least 4 members (excludes halogenated alkanes) is 18. The number of hydrogen-bond donors (Lipinski definition) is 4. The molecular formula is C104H100N6O8. The summed E-state index contributed by atoms with van der Waals surface area (Å²) in [7, 11) is 0. The van der Waals surface area contributed by atoms with Crippen LogP contribution in [0, 0.1) is 40.6 Å². The molecule has 0 atom stereocenters. The number of carboxylic acid groups (broad SMARTS) is 4. The van der Waals surface area contributed by atoms with Gasteiger partial charge in [0, 0.05) is 34.1 Å². The second-order valence-corrected chi connectivity index (χ2v) is 29.6. The molecule has 0 radical (unpaired) electrons. The lowest BCUT2D eigenvalue weighted by molar-refractivity contribution is -0.133. The Kier molecular flexibility index (Phi) is 33.2. The van der Waals surface area contributed by atoms with Crippen molar-refractivity contribution in [1.82, 2.24) is 0 Å². The predicted molar refractivity (Wildman–Crippen MR) is 478 cm³/mol. The maximum Gasteiger partial charge on any atom is 0.346 e. The second-order valence-electron chi connectivity index (χ2n) is 29.6. The van der Waals surface area contributed by atoms with Crippen LogP contribution in [-0.2, 0) is 32.0 Å². The van der Waals surface area contributed by atoms with Gasteiger partial charge in [0.05, 0.1) is 6.57 Å². The van der Waals surface area contributed by atoms with Crippen LogP contribution in [-0.4, -0.2) is 44.3 Å². The van der Waals surface area contributed by atoms with Crippen molar-refractivity contribution >= 4 is 106 Å². The minimum absolute atomic E-state index is 0.392. The third-order valence-electron chi connectivity index (χ3n) is 21.1. The molecule has 0 aliphatic heterocycles. The summed E-state index contributed by atoms with van der Waals surface area (Å²) in [6.45, 7) is 11.9. The Morgan fingerprint density at radius 3 is 0.754 bits per heavy atom. The Morgan fingerprint density at radius 1 is 0.297 bits per heavy atom. The number of benzene rings is 10. The smallest absolute Gasteiger partial charge is 0.346 e. The van der Waals surface area contributed by atoms with E-state index in [4.69, 9.17) is 6.57 Å². The summed E-state index contributed by atoms with van der Waals surface area (Å²) >= 11 is 0. The summed E-state index contributed by atoms with van der Waals surface area (Å²) in [5, 5.41) is 66.9. The SMILES string of the molecule is [C-]#[N+]C(=Cc1ccc(C(=Cc2ccc(N(c3ccc(CCCCCCCCCCCC)cc3)c3ccc(-c4ccc(N(c5ccc(C=C(c6ccc(C=C(C#N)C(=O)O)cc6)c6ccc(C=C(C#N)C(=O)O)cc6)cc5)c5ccc(CCCCCCCCCCCC)cc5)cc4)cc3)cc2)c2ccc(C=C(C#N)C(=O)O)cc2)cc1)C(=O)O. The molecule has 10 rings (SSSR count). The summed E-state index contributed by atoms with van der Waals surface area (Å²) in [4.78, 5) is 54.7. The van der Waals surface area contributed by atoms with Crippen LogP contribution < -0.4 is 9.80 Å². The topological polar surface area (TPSA) is 231 Å². The minimum atomic E-state index is -1.32. The van der Waals surface area contributed by atoms with Crippen molar-refractivity contribution in [3.63, 3.8) is 0 Å². The molecule has 0 unspecified atom stereocenters. The number of anilines is 6. The number of aryl methyl sites for hydroxylation is 2. The third-order valence-corrected chi connectivity index (χ3v) is 21.1. The highest BCUT2D eigenvalue weighted by atomic mass is 16.4. The lowest BCUT2D eigenvalue weighted by atomic mass is 9.93. The Morgan fingerprint density at radius 2 is 0.517 bits per heavy atom. The number of nitriles is 3. The molecule has 0 heterocycles. The molecule has 0 spiro atoms. The first-order valence-corrected chi connectivity index (χ1v) is 41.0. The molecule has 14 heteroatoms. The Hall–Kier alpha value is -13.9. The normalized spacial score (nSPS) is 11.7. The average Bonchev–Trinajstić information content (AvgIpc) is 0.798. The second kappa shape index (κ2) is 45.2. The Balaban J connectivity index is 0.966. The van der Waals surface area contributed by atoms with Crippen LogP contribution in [0.25, 0.3) is 63.6 Å². The van der Waals surface area contributed by atoms with Gasteiger partial charge in [0.15, 0.2) is 0 Å². The van der Waals surface area contributed by atoms with Crippen LogP contribution in [0.4, 0.5) is 34.1 Å². The number of hydrogen-bond acceptors (Lipinski definition) is 9. The van der Waals surface area contributed by atoms with Gasteiger partial charge in [-0.2, -0.15) is 15.8 Å². The summed E-state index contributed by atoms with van der Waals surface area (Å²) in [6.07, 6.45) is 36.9. The first kappa shape index (κ1) is 86.5. The third kappa shape index (κ3) is 25.5. The summed E-state index contributed by atoms with van der Waals surface area (Å²) in [5.74, 6) is -5.28. The van der Waals surface area contributed by atoms with Crippen LogP contribution in [0.5, 0.6) is 0 Å². The first-order valence-electron chi connectivity index (χ1n) is 41.0. The minimum Gasteiger partial charge on any atom is -0.486 e. The maximum atomic E-state index is 11.8. The molecule has 14 nitrogen and oxygen atoms in total. The molecule has 0 bridgehead atoms. The van der Waals surface area contributed by atoms with Crippen molar-refractivity contribution in [3.8, 4) is 29.3 Å². The largest absolute Gasteiger partial charge is 0.486 e. The molecule has 594 valence electrons. The molecule has 0 aliphatic rings. The van der Waals surface area contributed by atoms with E-state index in [1.807, 2.05) is 48.5 Å². The standard InChI is InChI=1S/C104H100N6O8/c1-4-6-8-10-12-14-16-18-20-22-24-75-34-54-92(55-35-75)109(94-58-38-80(39-59-94)69-98(85-42-26-77(27-43-85)66-89(72-105)101(111)112)86-44-28-78(29-45-86)67-90(73-106)102(113)114)96-62-50-83(51-63-96)84-52-64-97(65-53-84)110(93-56-36-76(37-57-93)25-23-21-19-17-15-13-11-9-7-5-2)95-60-40-81(41-61-95)70-99(87-46-30-79(31-47-87)68-91(74-107)103(115)116)88-48-32-82(33-49-88)71-100(108-3)104(117)118/h26-71H,4-25H2,1-2H3,(H,111,112)(H,113,114)(H,115,116)(H,117,118). The van der Waals surface area contributed by atoms with Crippen molar-refractivity contribution < 1.29 is 39.6 Å². The first-order chi connectivity index (χ1) is 57.5. The number of aliphatic carboxylic acids is 4. The van der Waals surface area contributed by atoms with Gasteiger partial charge in [0.25, 0.3) is 5.70 Å². The molecule has 0 amide bonds. The molecule has 10 aromatic rings. The monoisotopic (exact) mass is 1560 g/mol. The highest BCUT2D eigenvalue weighted by molar-refractivity contribution is 6.00. The van der Waals surface area contributed by atoms with Crippen LogP contribution in [0.2, 0.25) is 0 Å². The lowest BCUT2D eigenvalue weighted by Gasteiger charge is -2.26. The van der Waals surface area contributed by atoms with Gasteiger partial charge in [0.1, 0.15) is 34.9 Å². The van der Waals surface area contributed by atoms with Gasteiger partial charge in [-0.1, -0.05) is 299 Å². The van der Waals surface area contributed by atoms with Crippen molar-refractivity contribution in [2.45, 2.75) is 155 Å². The van der Waals surface area contributed by atoms with E-state index >= 15 is 0 Å². The van der Waals surface area contributed by atoms with Crippen LogP contribution in [0.3, 0.4) is 0 Å². The van der Waals surface area contributed by atoms with Crippen molar-refractivity contribution in [2.75, 3.05) is 9.80 Å². The predicted octanol–water partition coefficient (Wildman–Crippen LogP) is 26.7. The van der Waals surface area contributed by atoms with Gasteiger partial charge in [-0.05, 0) is 224 Å². The van der Waals surface area contributed by atoms with Gasteiger partial charge >= 0.3 is 23.9 Å². The lowest BCUT2D eigenvalue weighted by Crippen LogP contribution is -2.10. The van der Waals surface area contributed by atoms with Gasteiger partial charge in [-0.15, -0.1) is 0 Å². The molecule has 0 saturated heterocycles. The zero-order valence-electron chi connectivity index (χ0n) is 67.2. The van der Waals surface area contributed by atoms with Crippen molar-refractivity contribution in [3.05, 3.63) is 343 Å². The number of carboxylic acids is 4. The van der Waals surface area contributed by atoms with Crippen LogP contribution in [0.15, 0.2) is 265 Å². The number of carbonyl (C=O) groups is 4. The number of nitrogens with zero attached hydrogens (tertiary/aromatic N) is 6. The molecule has 0 aromatic heterocycles. The van der Waals surface area contributed by atoms with Crippen LogP contribution in [0.1, 0.15) is 209 Å². The van der Waals surface area contributed by atoms with E-state index in [0.717, 1.165) is 115 Å². The molecular weight excluding hydrogens is 1460 g/mol. The number of rotatable bonds is 43. The van der Waals surface area contributed by atoms with E-state index in [1.54, 1.807) is 66.7 Å².